The van der Waals surface area contributed by atoms with Gasteiger partial charge < -0.3 is 5.32 Å². The second-order valence-corrected chi connectivity index (χ2v) is 5.98. The summed E-state index contributed by atoms with van der Waals surface area (Å²) >= 11 is 0. The van der Waals surface area contributed by atoms with Gasteiger partial charge in [0.15, 0.2) is 0 Å². The zero-order valence-corrected chi connectivity index (χ0v) is 14.3. The molecule has 0 heterocycles. The highest BCUT2D eigenvalue weighted by Crippen LogP contribution is 2.10. The largest absolute Gasteiger partial charge is 0.317 e. The number of hydrogen-bond acceptors (Lipinski definition) is 1. The minimum atomic E-state index is 1.19. The summed E-state index contributed by atoms with van der Waals surface area (Å²) < 4.78 is 0. The summed E-state index contributed by atoms with van der Waals surface area (Å²) in [7, 11) is 0. The summed E-state index contributed by atoms with van der Waals surface area (Å²) in [5.41, 5.74) is 0. The van der Waals surface area contributed by atoms with Crippen molar-refractivity contribution in [2.75, 3.05) is 13.1 Å². The minimum Gasteiger partial charge on any atom is -0.317 e. The molecule has 1 nitrogen and oxygen atoms in total. The quantitative estimate of drug-likeness (QED) is 0.261. The first kappa shape index (κ1) is 19.7. The van der Waals surface area contributed by atoms with Crippen LogP contribution in [0.2, 0.25) is 0 Å². The Bertz CT molecular complexity index is 186. The van der Waals surface area contributed by atoms with Crippen LogP contribution in [0.25, 0.3) is 0 Å². The van der Waals surface area contributed by atoms with Crippen LogP contribution in [-0.4, -0.2) is 13.1 Å². The third-order valence-corrected chi connectivity index (χ3v) is 3.79. The summed E-state index contributed by atoms with van der Waals surface area (Å²) in [6, 6.07) is 0. The van der Waals surface area contributed by atoms with Gasteiger partial charge in [-0.3, -0.25) is 0 Å². The fourth-order valence-electron chi connectivity index (χ4n) is 2.43. The molecule has 20 heavy (non-hydrogen) atoms. The molecule has 0 aliphatic carbocycles. The van der Waals surface area contributed by atoms with E-state index in [0.717, 1.165) is 0 Å². The highest BCUT2D eigenvalue weighted by atomic mass is 14.8. The Kier molecular flexibility index (Phi) is 18.4. The van der Waals surface area contributed by atoms with Gasteiger partial charge in [0.2, 0.25) is 0 Å². The molecular weight excluding hydrogens is 242 g/mol. The zero-order chi connectivity index (χ0) is 14.7. The van der Waals surface area contributed by atoms with Crippen molar-refractivity contribution in [2.24, 2.45) is 0 Å². The summed E-state index contributed by atoms with van der Waals surface area (Å²) in [5.74, 6) is 0. The maximum absolute atomic E-state index is 3.47. The molecule has 0 radical (unpaired) electrons. The van der Waals surface area contributed by atoms with Crippen LogP contribution < -0.4 is 5.32 Å². The Labute approximate surface area is 128 Å². The van der Waals surface area contributed by atoms with Gasteiger partial charge in [0.25, 0.3) is 0 Å². The van der Waals surface area contributed by atoms with E-state index in [4.69, 9.17) is 0 Å². The summed E-state index contributed by atoms with van der Waals surface area (Å²) in [5, 5.41) is 3.47. The summed E-state index contributed by atoms with van der Waals surface area (Å²) in [4.78, 5) is 0. The van der Waals surface area contributed by atoms with Gasteiger partial charge in [0, 0.05) is 0 Å². The molecule has 0 atom stereocenters. The molecule has 0 bridgehead atoms. The van der Waals surface area contributed by atoms with Crippen LogP contribution in [0.3, 0.4) is 0 Å². The van der Waals surface area contributed by atoms with Crippen LogP contribution in [0.5, 0.6) is 0 Å². The van der Waals surface area contributed by atoms with Crippen LogP contribution in [-0.2, 0) is 0 Å². The lowest BCUT2D eigenvalue weighted by Crippen LogP contribution is -2.15. The molecule has 0 unspecified atom stereocenters. The lowest BCUT2D eigenvalue weighted by atomic mass is 10.1. The number of rotatable bonds is 16. The van der Waals surface area contributed by atoms with Crippen molar-refractivity contribution in [1.29, 1.82) is 0 Å². The van der Waals surface area contributed by atoms with E-state index in [2.05, 4.69) is 31.3 Å². The van der Waals surface area contributed by atoms with Gasteiger partial charge in [-0.05, 0) is 45.2 Å². The molecule has 0 aliphatic rings. The molecule has 0 aromatic rings. The summed E-state index contributed by atoms with van der Waals surface area (Å²) in [6.07, 6.45) is 22.6. The molecule has 0 spiro atoms. The summed E-state index contributed by atoms with van der Waals surface area (Å²) in [6.45, 7) is 6.90. The van der Waals surface area contributed by atoms with E-state index in [0.29, 0.717) is 0 Å². The van der Waals surface area contributed by atoms with Crippen LogP contribution in [0.15, 0.2) is 12.2 Å². The maximum atomic E-state index is 3.47. The third-order valence-electron chi connectivity index (χ3n) is 3.79. The second-order valence-electron chi connectivity index (χ2n) is 5.98. The first-order valence-electron chi connectivity index (χ1n) is 9.27. The number of allylic oxidation sites excluding steroid dienone is 2. The normalized spacial score (nSPS) is 11.5. The zero-order valence-electron chi connectivity index (χ0n) is 14.3. The molecule has 0 aromatic heterocycles. The van der Waals surface area contributed by atoms with Gasteiger partial charge in [-0.2, -0.15) is 0 Å². The molecular formula is C19H39N. The van der Waals surface area contributed by atoms with Crippen LogP contribution >= 0.6 is 0 Å². The Hall–Kier alpha value is -0.300. The van der Waals surface area contributed by atoms with Crippen molar-refractivity contribution >= 4 is 0 Å². The average Bonchev–Trinajstić information content (AvgIpc) is 2.47. The smallest absolute Gasteiger partial charge is 0.00489 e. The average molecular weight is 282 g/mol. The molecule has 0 aromatic carbocycles. The molecule has 0 saturated carbocycles. The van der Waals surface area contributed by atoms with Gasteiger partial charge in [-0.1, -0.05) is 77.4 Å². The van der Waals surface area contributed by atoms with Crippen molar-refractivity contribution in [3.63, 3.8) is 0 Å². The fourth-order valence-corrected chi connectivity index (χ4v) is 2.43. The lowest BCUT2D eigenvalue weighted by Gasteiger charge is -2.03. The predicted molar refractivity (Wildman–Crippen MR) is 93.4 cm³/mol. The molecule has 1 N–H and O–H groups in total. The van der Waals surface area contributed by atoms with Gasteiger partial charge in [-0.15, -0.1) is 0 Å². The van der Waals surface area contributed by atoms with Gasteiger partial charge in [0.05, 0.1) is 0 Å². The van der Waals surface area contributed by atoms with Crippen molar-refractivity contribution < 1.29 is 0 Å². The fraction of sp³-hybridized carbons (Fsp3) is 0.895. The van der Waals surface area contributed by atoms with Crippen molar-refractivity contribution in [3.8, 4) is 0 Å². The van der Waals surface area contributed by atoms with Gasteiger partial charge >= 0.3 is 0 Å². The molecule has 0 aliphatic heterocycles. The Balaban J connectivity index is 2.97. The molecule has 0 amide bonds. The van der Waals surface area contributed by atoms with Gasteiger partial charge in [-0.25, -0.2) is 0 Å². The Morgan fingerprint density at radius 1 is 0.550 bits per heavy atom. The molecule has 0 rings (SSSR count). The van der Waals surface area contributed by atoms with E-state index in [-0.39, 0.29) is 0 Å². The Morgan fingerprint density at radius 2 is 1.10 bits per heavy atom. The molecule has 0 fully saturated rings. The van der Waals surface area contributed by atoms with E-state index in [9.17, 15) is 0 Å². The van der Waals surface area contributed by atoms with E-state index >= 15 is 0 Å². The third kappa shape index (κ3) is 17.7. The lowest BCUT2D eigenvalue weighted by molar-refractivity contribution is 0.551. The van der Waals surface area contributed by atoms with Crippen LogP contribution in [0, 0.1) is 0 Å². The molecule has 0 saturated heterocycles. The first-order chi connectivity index (χ1) is 9.91. The number of hydrogen-bond donors (Lipinski definition) is 1. The first-order valence-corrected chi connectivity index (χ1v) is 9.27. The number of nitrogens with one attached hydrogen (secondary N) is 1. The topological polar surface area (TPSA) is 12.0 Å². The van der Waals surface area contributed by atoms with Crippen LogP contribution in [0.1, 0.15) is 97.3 Å². The molecule has 1 heteroatoms. The highest BCUT2D eigenvalue weighted by molar-refractivity contribution is 4.81. The van der Waals surface area contributed by atoms with E-state index in [1.165, 1.54) is 96.6 Å². The minimum absolute atomic E-state index is 1.19. The van der Waals surface area contributed by atoms with Gasteiger partial charge in [0.1, 0.15) is 0 Å². The molecule has 120 valence electrons. The Morgan fingerprint density at radius 3 is 1.70 bits per heavy atom. The van der Waals surface area contributed by atoms with E-state index < -0.39 is 0 Å². The van der Waals surface area contributed by atoms with Crippen LogP contribution in [0.4, 0.5) is 0 Å². The standard InChI is InChI=1S/C19H39N/c1-3-5-6-7-8-9-10-11-12-13-14-15-16-17-19-20-18-4-2/h7-8,20H,3-6,9-19H2,1-2H3/b8-7-. The number of unbranched alkanes of at least 4 members (excludes halogenated alkanes) is 10. The maximum Gasteiger partial charge on any atom is -0.00489 e. The van der Waals surface area contributed by atoms with Crippen molar-refractivity contribution in [3.05, 3.63) is 12.2 Å². The van der Waals surface area contributed by atoms with E-state index in [1.807, 2.05) is 0 Å². The van der Waals surface area contributed by atoms with Crippen molar-refractivity contribution in [2.45, 2.75) is 97.3 Å². The van der Waals surface area contributed by atoms with E-state index in [1.54, 1.807) is 0 Å². The monoisotopic (exact) mass is 281 g/mol. The SMILES string of the molecule is CCCC/C=C\CCCCCCCCCCNCCC. The highest BCUT2D eigenvalue weighted by Gasteiger charge is 1.92. The van der Waals surface area contributed by atoms with Crippen molar-refractivity contribution in [1.82, 2.24) is 5.32 Å². The second kappa shape index (κ2) is 18.7. The predicted octanol–water partition coefficient (Wildman–Crippen LogP) is 6.24.